The van der Waals surface area contributed by atoms with Crippen LogP contribution in [-0.2, 0) is 23.3 Å². The van der Waals surface area contributed by atoms with E-state index in [0.717, 1.165) is 6.66 Å². The molecule has 0 amide bonds. The largest absolute Gasteiger partial charge is 0.382 e. The van der Waals surface area contributed by atoms with Gasteiger partial charge in [-0.2, -0.15) is 0 Å². The van der Waals surface area contributed by atoms with Gasteiger partial charge in [0, 0.05) is 26.9 Å². The van der Waals surface area contributed by atoms with Crippen LogP contribution in [0.5, 0.6) is 0 Å². The van der Waals surface area contributed by atoms with Crippen molar-refractivity contribution in [1.29, 1.82) is 0 Å². The summed E-state index contributed by atoms with van der Waals surface area (Å²) in [6.07, 6.45) is -1.80. The maximum Gasteiger partial charge on any atom is 0.325 e. The zero-order chi connectivity index (χ0) is 12.3. The van der Waals surface area contributed by atoms with E-state index in [1.54, 1.807) is 0 Å². The maximum absolute atomic E-state index is 11.2. The fourth-order valence-electron chi connectivity index (χ4n) is 1.68. The zero-order valence-electron chi connectivity index (χ0n) is 9.53. The molecule has 5 atom stereocenters. The van der Waals surface area contributed by atoms with E-state index in [1.165, 1.54) is 14.2 Å². The van der Waals surface area contributed by atoms with E-state index in [1.807, 2.05) is 0 Å². The lowest BCUT2D eigenvalue weighted by Crippen LogP contribution is -2.37. The van der Waals surface area contributed by atoms with Gasteiger partial charge in [-0.3, -0.25) is 9.09 Å². The van der Waals surface area contributed by atoms with Crippen LogP contribution in [0.3, 0.4) is 0 Å². The summed E-state index contributed by atoms with van der Waals surface area (Å²) in [4.78, 5) is 9.20. The summed E-state index contributed by atoms with van der Waals surface area (Å²) in [7, 11) is 4.98. The van der Waals surface area contributed by atoms with Gasteiger partial charge in [-0.25, -0.2) is 0 Å². The van der Waals surface area contributed by atoms with Crippen LogP contribution in [-0.4, -0.2) is 64.5 Å². The quantitative estimate of drug-likeness (QED) is 0.535. The normalized spacial score (nSPS) is 38.5. The summed E-state index contributed by atoms with van der Waals surface area (Å²) in [6, 6.07) is -0.693. The van der Waals surface area contributed by atoms with E-state index in [4.69, 9.17) is 26.6 Å². The SMILES string of the molecule is [B][C@@H]1O[C@H](COC)C(OP(C)(=O)O)[C@@H]1OC. The fourth-order valence-corrected chi connectivity index (χ4v) is 2.38. The van der Waals surface area contributed by atoms with E-state index < -0.39 is 31.9 Å². The molecule has 1 heterocycles. The first kappa shape index (κ1) is 14.2. The lowest BCUT2D eigenvalue weighted by atomic mass is 9.93. The first-order valence-corrected chi connectivity index (χ1v) is 6.83. The van der Waals surface area contributed by atoms with Crippen molar-refractivity contribution in [2.45, 2.75) is 24.3 Å². The van der Waals surface area contributed by atoms with Gasteiger partial charge in [0.25, 0.3) is 0 Å². The molecule has 0 spiro atoms. The second-order valence-corrected chi connectivity index (χ2v) is 5.48. The van der Waals surface area contributed by atoms with Crippen LogP contribution in [0.2, 0.25) is 0 Å². The Morgan fingerprint density at radius 2 is 2.06 bits per heavy atom. The van der Waals surface area contributed by atoms with Crippen LogP contribution in [0, 0.1) is 0 Å². The highest BCUT2D eigenvalue weighted by Gasteiger charge is 2.45. The molecular formula is C8H16BO6P. The molecule has 0 aromatic rings. The van der Waals surface area contributed by atoms with Crippen molar-refractivity contribution >= 4 is 15.4 Å². The van der Waals surface area contributed by atoms with Gasteiger partial charge in [0.1, 0.15) is 26.2 Å². The van der Waals surface area contributed by atoms with Crippen molar-refractivity contribution in [3.8, 4) is 0 Å². The van der Waals surface area contributed by atoms with Crippen molar-refractivity contribution in [2.75, 3.05) is 27.5 Å². The summed E-state index contributed by atoms with van der Waals surface area (Å²) in [6.45, 7) is 1.33. The van der Waals surface area contributed by atoms with E-state index in [-0.39, 0.29) is 6.61 Å². The molecule has 2 unspecified atom stereocenters. The Bertz CT molecular complexity index is 269. The first-order valence-electron chi connectivity index (χ1n) is 4.80. The van der Waals surface area contributed by atoms with Crippen LogP contribution in [0.15, 0.2) is 0 Å². The Morgan fingerprint density at radius 3 is 2.50 bits per heavy atom. The summed E-state index contributed by atoms with van der Waals surface area (Å²) in [5.74, 6) is 0. The van der Waals surface area contributed by atoms with Crippen molar-refractivity contribution in [3.05, 3.63) is 0 Å². The van der Waals surface area contributed by atoms with Crippen LogP contribution in [0.1, 0.15) is 0 Å². The summed E-state index contributed by atoms with van der Waals surface area (Å²) < 4.78 is 31.6. The molecule has 16 heavy (non-hydrogen) atoms. The van der Waals surface area contributed by atoms with Crippen LogP contribution >= 0.6 is 7.60 Å². The standard InChI is InChI=1S/C8H16BO6P/c1-12-4-5-6(15-16(3,10)11)7(13-2)8(9)14-5/h5-8H,4H2,1-3H3,(H,10,11)/t5-,6?,7+,8-/m1/s1. The van der Waals surface area contributed by atoms with E-state index in [9.17, 15) is 9.46 Å². The average Bonchev–Trinajstić information content (AvgIpc) is 2.41. The minimum Gasteiger partial charge on any atom is -0.382 e. The molecule has 0 aromatic carbocycles. The van der Waals surface area contributed by atoms with E-state index >= 15 is 0 Å². The van der Waals surface area contributed by atoms with E-state index in [2.05, 4.69) is 0 Å². The molecule has 0 saturated carbocycles. The minimum atomic E-state index is -3.62. The predicted octanol–water partition coefficient (Wildman–Crippen LogP) is -0.258. The summed E-state index contributed by atoms with van der Waals surface area (Å²) in [5.41, 5.74) is 0. The molecule has 1 fully saturated rings. The molecule has 0 aliphatic carbocycles. The van der Waals surface area contributed by atoms with E-state index in [0.29, 0.717) is 0 Å². The van der Waals surface area contributed by atoms with Crippen LogP contribution < -0.4 is 0 Å². The van der Waals surface area contributed by atoms with Crippen molar-refractivity contribution in [1.82, 2.24) is 0 Å². The monoisotopic (exact) mass is 250 g/mol. The van der Waals surface area contributed by atoms with Crippen molar-refractivity contribution in [3.63, 3.8) is 0 Å². The molecule has 1 N–H and O–H groups in total. The maximum atomic E-state index is 11.2. The number of methoxy groups -OCH3 is 2. The Morgan fingerprint density at radius 1 is 1.44 bits per heavy atom. The fraction of sp³-hybridized carbons (Fsp3) is 1.00. The third-order valence-corrected chi connectivity index (χ3v) is 2.90. The molecule has 1 rings (SSSR count). The topological polar surface area (TPSA) is 74.2 Å². The van der Waals surface area contributed by atoms with Gasteiger partial charge >= 0.3 is 7.60 Å². The Hall–Kier alpha value is 0.0949. The smallest absolute Gasteiger partial charge is 0.325 e. The molecule has 6 nitrogen and oxygen atoms in total. The molecule has 0 bridgehead atoms. The molecular weight excluding hydrogens is 234 g/mol. The summed E-state index contributed by atoms with van der Waals surface area (Å²) in [5, 5.41) is 0. The third kappa shape index (κ3) is 3.55. The van der Waals surface area contributed by atoms with Gasteiger partial charge in [0.2, 0.25) is 0 Å². The van der Waals surface area contributed by atoms with Gasteiger partial charge in [0.05, 0.1) is 6.61 Å². The van der Waals surface area contributed by atoms with Gasteiger partial charge in [-0.05, 0) is 0 Å². The average molecular weight is 250 g/mol. The molecule has 92 valence electrons. The Kier molecular flexibility index (Phi) is 4.97. The number of ether oxygens (including phenoxy) is 3. The Balaban J connectivity index is 2.75. The van der Waals surface area contributed by atoms with Gasteiger partial charge < -0.3 is 19.1 Å². The first-order chi connectivity index (χ1) is 7.39. The highest BCUT2D eigenvalue weighted by Crippen LogP contribution is 2.42. The number of hydrogen-bond donors (Lipinski definition) is 1. The molecule has 1 aliphatic heterocycles. The molecule has 2 radical (unpaired) electrons. The van der Waals surface area contributed by atoms with Crippen LogP contribution in [0.25, 0.3) is 0 Å². The lowest BCUT2D eigenvalue weighted by molar-refractivity contribution is -0.0165. The zero-order valence-corrected chi connectivity index (χ0v) is 10.4. The third-order valence-electron chi connectivity index (χ3n) is 2.27. The molecule has 0 aromatic heterocycles. The summed E-state index contributed by atoms with van der Waals surface area (Å²) >= 11 is 0. The molecule has 1 saturated heterocycles. The Labute approximate surface area is 96.2 Å². The second-order valence-electron chi connectivity index (χ2n) is 3.67. The van der Waals surface area contributed by atoms with Gasteiger partial charge in [0.15, 0.2) is 0 Å². The van der Waals surface area contributed by atoms with Gasteiger partial charge in [-0.1, -0.05) is 0 Å². The highest BCUT2D eigenvalue weighted by atomic mass is 31.2. The van der Waals surface area contributed by atoms with Gasteiger partial charge in [-0.15, -0.1) is 0 Å². The predicted molar refractivity (Wildman–Crippen MR) is 57.7 cm³/mol. The van der Waals surface area contributed by atoms with Crippen LogP contribution in [0.4, 0.5) is 0 Å². The second kappa shape index (κ2) is 5.62. The number of hydrogen-bond acceptors (Lipinski definition) is 5. The minimum absolute atomic E-state index is 0.220. The van der Waals surface area contributed by atoms with Crippen molar-refractivity contribution < 1.29 is 28.2 Å². The molecule has 8 heteroatoms. The highest BCUT2D eigenvalue weighted by molar-refractivity contribution is 7.51. The number of rotatable bonds is 5. The lowest BCUT2D eigenvalue weighted by Gasteiger charge is -2.23. The van der Waals surface area contributed by atoms with Crippen molar-refractivity contribution in [2.24, 2.45) is 0 Å². The molecule has 1 aliphatic rings.